The lowest BCUT2D eigenvalue weighted by molar-refractivity contribution is 0.301. The van der Waals surface area contributed by atoms with Crippen molar-refractivity contribution < 1.29 is 4.74 Å². The van der Waals surface area contributed by atoms with E-state index in [4.69, 9.17) is 10.00 Å². The Bertz CT molecular complexity index is 681. The van der Waals surface area contributed by atoms with E-state index in [0.29, 0.717) is 12.2 Å². The van der Waals surface area contributed by atoms with Gasteiger partial charge in [0.1, 0.15) is 12.4 Å². The van der Waals surface area contributed by atoms with Gasteiger partial charge in [-0.3, -0.25) is 0 Å². The summed E-state index contributed by atoms with van der Waals surface area (Å²) in [4.78, 5) is 0. The van der Waals surface area contributed by atoms with Crippen LogP contribution < -0.4 is 4.74 Å². The summed E-state index contributed by atoms with van der Waals surface area (Å²) in [6.45, 7) is 8.78. The SMILES string of the molecule is Cc1cc(C#N)ccc1COc1c(C)ccc(C)c1C. The van der Waals surface area contributed by atoms with Gasteiger partial charge in [-0.15, -0.1) is 0 Å². The average molecular weight is 265 g/mol. The van der Waals surface area contributed by atoms with Crippen LogP contribution in [0.15, 0.2) is 30.3 Å². The number of hydrogen-bond donors (Lipinski definition) is 0. The smallest absolute Gasteiger partial charge is 0.125 e. The molecule has 0 saturated carbocycles. The van der Waals surface area contributed by atoms with Crippen LogP contribution in [0.1, 0.15) is 33.4 Å². The summed E-state index contributed by atoms with van der Waals surface area (Å²) in [7, 11) is 0. The number of nitriles is 1. The molecule has 0 unspecified atom stereocenters. The predicted octanol–water partition coefficient (Wildman–Crippen LogP) is 4.37. The fourth-order valence-corrected chi connectivity index (χ4v) is 2.22. The van der Waals surface area contributed by atoms with Gasteiger partial charge in [-0.2, -0.15) is 5.26 Å². The van der Waals surface area contributed by atoms with Crippen molar-refractivity contribution in [2.75, 3.05) is 0 Å². The van der Waals surface area contributed by atoms with E-state index in [9.17, 15) is 0 Å². The average Bonchev–Trinajstić information content (AvgIpc) is 2.44. The Labute approximate surface area is 120 Å². The molecule has 2 rings (SSSR count). The third kappa shape index (κ3) is 2.83. The first kappa shape index (κ1) is 14.1. The quantitative estimate of drug-likeness (QED) is 0.825. The number of aryl methyl sites for hydroxylation is 3. The second-order valence-electron chi connectivity index (χ2n) is 5.20. The first-order valence-corrected chi connectivity index (χ1v) is 6.72. The van der Waals surface area contributed by atoms with Gasteiger partial charge in [0, 0.05) is 0 Å². The van der Waals surface area contributed by atoms with E-state index in [1.54, 1.807) is 0 Å². The van der Waals surface area contributed by atoms with Crippen LogP contribution in [0.3, 0.4) is 0 Å². The molecule has 2 nitrogen and oxygen atoms in total. The van der Waals surface area contributed by atoms with E-state index >= 15 is 0 Å². The molecule has 0 radical (unpaired) electrons. The van der Waals surface area contributed by atoms with Crippen LogP contribution in [-0.2, 0) is 6.61 Å². The molecular weight excluding hydrogens is 246 g/mol. The number of benzene rings is 2. The number of hydrogen-bond acceptors (Lipinski definition) is 2. The Morgan fingerprint density at radius 3 is 2.30 bits per heavy atom. The normalized spacial score (nSPS) is 10.2. The van der Waals surface area contributed by atoms with Gasteiger partial charge in [0.25, 0.3) is 0 Å². The Hall–Kier alpha value is -2.27. The number of rotatable bonds is 3. The monoisotopic (exact) mass is 265 g/mol. The molecule has 0 amide bonds. The topological polar surface area (TPSA) is 33.0 Å². The second-order valence-corrected chi connectivity index (χ2v) is 5.20. The zero-order valence-electron chi connectivity index (χ0n) is 12.4. The van der Waals surface area contributed by atoms with Crippen LogP contribution in [0, 0.1) is 39.0 Å². The highest BCUT2D eigenvalue weighted by molar-refractivity contribution is 5.45. The van der Waals surface area contributed by atoms with Crippen molar-refractivity contribution in [3.63, 3.8) is 0 Å². The highest BCUT2D eigenvalue weighted by Crippen LogP contribution is 2.27. The molecule has 0 aliphatic heterocycles. The fourth-order valence-electron chi connectivity index (χ4n) is 2.22. The summed E-state index contributed by atoms with van der Waals surface area (Å²) < 4.78 is 6.01. The standard InChI is InChI=1S/C18H19NO/c1-12-5-6-13(2)18(15(12)4)20-11-17-8-7-16(10-19)9-14(17)3/h5-9H,11H2,1-4H3. The van der Waals surface area contributed by atoms with Gasteiger partial charge in [0.05, 0.1) is 11.6 Å². The lowest BCUT2D eigenvalue weighted by Crippen LogP contribution is -2.02. The molecule has 0 heterocycles. The van der Waals surface area contributed by atoms with Crippen LogP contribution >= 0.6 is 0 Å². The molecule has 102 valence electrons. The molecule has 2 aromatic rings. The first-order valence-electron chi connectivity index (χ1n) is 6.72. The van der Waals surface area contributed by atoms with E-state index in [1.807, 2.05) is 25.1 Å². The second kappa shape index (κ2) is 5.79. The Morgan fingerprint density at radius 2 is 1.65 bits per heavy atom. The van der Waals surface area contributed by atoms with Gasteiger partial charge in [0.2, 0.25) is 0 Å². The molecule has 0 saturated heterocycles. The Balaban J connectivity index is 2.22. The van der Waals surface area contributed by atoms with Crippen molar-refractivity contribution in [2.24, 2.45) is 0 Å². The van der Waals surface area contributed by atoms with Crippen LogP contribution in [0.4, 0.5) is 0 Å². The van der Waals surface area contributed by atoms with Gasteiger partial charge in [-0.25, -0.2) is 0 Å². The maximum atomic E-state index is 8.88. The van der Waals surface area contributed by atoms with Crippen molar-refractivity contribution in [1.82, 2.24) is 0 Å². The van der Waals surface area contributed by atoms with Crippen LogP contribution in [0.5, 0.6) is 5.75 Å². The van der Waals surface area contributed by atoms with Crippen LogP contribution in [0.2, 0.25) is 0 Å². The van der Waals surface area contributed by atoms with Crippen molar-refractivity contribution >= 4 is 0 Å². The maximum Gasteiger partial charge on any atom is 0.125 e. The minimum Gasteiger partial charge on any atom is -0.488 e. The van der Waals surface area contributed by atoms with Crippen LogP contribution in [-0.4, -0.2) is 0 Å². The van der Waals surface area contributed by atoms with E-state index in [1.165, 1.54) is 11.1 Å². The summed E-state index contributed by atoms with van der Waals surface area (Å²) in [5.74, 6) is 0.966. The van der Waals surface area contributed by atoms with Crippen molar-refractivity contribution in [3.8, 4) is 11.8 Å². The minimum absolute atomic E-state index is 0.530. The summed E-state index contributed by atoms with van der Waals surface area (Å²) >= 11 is 0. The Kier molecular flexibility index (Phi) is 4.10. The number of ether oxygens (including phenoxy) is 1. The zero-order chi connectivity index (χ0) is 14.7. The lowest BCUT2D eigenvalue weighted by atomic mass is 10.0. The Morgan fingerprint density at radius 1 is 0.950 bits per heavy atom. The highest BCUT2D eigenvalue weighted by atomic mass is 16.5. The van der Waals surface area contributed by atoms with Crippen molar-refractivity contribution in [1.29, 1.82) is 5.26 Å². The summed E-state index contributed by atoms with van der Waals surface area (Å²) in [5, 5.41) is 8.88. The summed E-state index contributed by atoms with van der Waals surface area (Å²) in [6.07, 6.45) is 0. The first-order chi connectivity index (χ1) is 9.52. The van der Waals surface area contributed by atoms with Gasteiger partial charge in [-0.1, -0.05) is 18.2 Å². The van der Waals surface area contributed by atoms with Crippen molar-refractivity contribution in [2.45, 2.75) is 34.3 Å². The van der Waals surface area contributed by atoms with E-state index in [0.717, 1.165) is 22.4 Å². The van der Waals surface area contributed by atoms with Gasteiger partial charge in [-0.05, 0) is 67.6 Å². The van der Waals surface area contributed by atoms with Gasteiger partial charge in [0.15, 0.2) is 0 Å². The molecule has 0 aromatic heterocycles. The minimum atomic E-state index is 0.530. The summed E-state index contributed by atoms with van der Waals surface area (Å²) in [6, 6.07) is 12.1. The molecule has 0 aliphatic carbocycles. The summed E-state index contributed by atoms with van der Waals surface area (Å²) in [5.41, 5.74) is 6.48. The molecule has 0 fully saturated rings. The molecule has 0 N–H and O–H groups in total. The number of nitrogens with zero attached hydrogens (tertiary/aromatic N) is 1. The highest BCUT2D eigenvalue weighted by Gasteiger charge is 2.08. The maximum absolute atomic E-state index is 8.88. The van der Waals surface area contributed by atoms with E-state index in [2.05, 4.69) is 39.0 Å². The molecule has 0 aliphatic rings. The van der Waals surface area contributed by atoms with Crippen molar-refractivity contribution in [3.05, 3.63) is 63.7 Å². The molecule has 0 spiro atoms. The molecule has 2 aromatic carbocycles. The van der Waals surface area contributed by atoms with E-state index < -0.39 is 0 Å². The van der Waals surface area contributed by atoms with Gasteiger partial charge >= 0.3 is 0 Å². The zero-order valence-corrected chi connectivity index (χ0v) is 12.4. The predicted molar refractivity (Wildman–Crippen MR) is 80.9 cm³/mol. The van der Waals surface area contributed by atoms with Crippen LogP contribution in [0.25, 0.3) is 0 Å². The van der Waals surface area contributed by atoms with Gasteiger partial charge < -0.3 is 4.74 Å². The third-order valence-corrected chi connectivity index (χ3v) is 3.72. The third-order valence-electron chi connectivity index (χ3n) is 3.72. The molecule has 0 bridgehead atoms. The molecular formula is C18H19NO. The fraction of sp³-hybridized carbons (Fsp3) is 0.278. The molecule has 2 heteroatoms. The van der Waals surface area contributed by atoms with E-state index in [-0.39, 0.29) is 0 Å². The largest absolute Gasteiger partial charge is 0.488 e. The molecule has 20 heavy (non-hydrogen) atoms. The molecule has 0 atom stereocenters. The lowest BCUT2D eigenvalue weighted by Gasteiger charge is -2.15.